The number of esters is 1. The van der Waals surface area contributed by atoms with Gasteiger partial charge in [0.1, 0.15) is 11.5 Å². The van der Waals surface area contributed by atoms with Crippen molar-refractivity contribution in [3.63, 3.8) is 0 Å². The molecule has 1 aliphatic rings. The van der Waals surface area contributed by atoms with E-state index >= 15 is 0 Å². The largest absolute Gasteiger partial charge is 0.573 e. The van der Waals surface area contributed by atoms with Crippen molar-refractivity contribution < 1.29 is 32.5 Å². The highest BCUT2D eigenvalue weighted by Gasteiger charge is 2.37. The Kier molecular flexibility index (Phi) is 3.89. The molecule has 4 nitrogen and oxygen atoms in total. The number of rotatable bonds is 4. The van der Waals surface area contributed by atoms with Gasteiger partial charge in [0, 0.05) is 6.07 Å². The SMILES string of the molecule is O=C(CC1(O)CCC1)Oc1cccc(OC(F)(F)F)c1. The highest BCUT2D eigenvalue weighted by Crippen LogP contribution is 2.35. The predicted octanol–water partition coefficient (Wildman–Crippen LogP) is 2.80. The fourth-order valence-electron chi connectivity index (χ4n) is 1.93. The van der Waals surface area contributed by atoms with E-state index in [1.807, 2.05) is 0 Å². The van der Waals surface area contributed by atoms with Gasteiger partial charge in [0.25, 0.3) is 0 Å². The molecule has 1 aromatic rings. The Morgan fingerprint density at radius 1 is 1.30 bits per heavy atom. The molecule has 0 atom stereocenters. The Morgan fingerprint density at radius 3 is 2.50 bits per heavy atom. The van der Waals surface area contributed by atoms with Gasteiger partial charge in [0.2, 0.25) is 0 Å². The molecule has 20 heavy (non-hydrogen) atoms. The van der Waals surface area contributed by atoms with Crippen LogP contribution in [-0.2, 0) is 4.79 Å². The standard InChI is InChI=1S/C13H13F3O4/c14-13(15,16)20-10-4-1-3-9(7-10)19-11(17)8-12(18)5-2-6-12/h1,3-4,7,18H,2,5-6,8H2. The zero-order chi connectivity index (χ0) is 14.8. The molecule has 0 saturated heterocycles. The lowest BCUT2D eigenvalue weighted by molar-refractivity contribution is -0.274. The molecule has 1 saturated carbocycles. The molecule has 2 rings (SSSR count). The van der Waals surface area contributed by atoms with E-state index in [0.717, 1.165) is 18.6 Å². The van der Waals surface area contributed by atoms with Crippen LogP contribution < -0.4 is 9.47 Å². The summed E-state index contributed by atoms with van der Waals surface area (Å²) in [5.74, 6) is -1.21. The number of aliphatic hydroxyl groups is 1. The highest BCUT2D eigenvalue weighted by molar-refractivity contribution is 5.73. The monoisotopic (exact) mass is 290 g/mol. The average molecular weight is 290 g/mol. The molecular weight excluding hydrogens is 277 g/mol. The number of carbonyl (C=O) groups excluding carboxylic acids is 1. The molecule has 1 aromatic carbocycles. The van der Waals surface area contributed by atoms with Crippen molar-refractivity contribution in [3.8, 4) is 11.5 Å². The third-order valence-corrected chi connectivity index (χ3v) is 3.03. The predicted molar refractivity (Wildman–Crippen MR) is 62.2 cm³/mol. The van der Waals surface area contributed by atoms with Gasteiger partial charge in [-0.2, -0.15) is 0 Å². The molecule has 7 heteroatoms. The topological polar surface area (TPSA) is 55.8 Å². The van der Waals surface area contributed by atoms with E-state index in [-0.39, 0.29) is 12.2 Å². The summed E-state index contributed by atoms with van der Waals surface area (Å²) in [5, 5.41) is 9.79. The Bertz CT molecular complexity index is 495. The number of halogens is 3. The molecule has 0 unspecified atom stereocenters. The Morgan fingerprint density at radius 2 is 1.95 bits per heavy atom. The average Bonchev–Trinajstić information content (AvgIpc) is 2.24. The van der Waals surface area contributed by atoms with Crippen molar-refractivity contribution in [1.29, 1.82) is 0 Å². The minimum atomic E-state index is -4.80. The Labute approximate surface area is 113 Å². The third kappa shape index (κ3) is 4.12. The molecule has 0 amide bonds. The van der Waals surface area contributed by atoms with E-state index in [0.29, 0.717) is 12.8 Å². The lowest BCUT2D eigenvalue weighted by Crippen LogP contribution is -2.39. The molecular formula is C13H13F3O4. The van der Waals surface area contributed by atoms with Gasteiger partial charge in [-0.05, 0) is 31.4 Å². The lowest BCUT2D eigenvalue weighted by Gasteiger charge is -2.35. The number of benzene rings is 1. The van der Waals surface area contributed by atoms with Gasteiger partial charge in [0.05, 0.1) is 12.0 Å². The van der Waals surface area contributed by atoms with Crippen LogP contribution in [-0.4, -0.2) is 23.0 Å². The number of hydrogen-bond acceptors (Lipinski definition) is 4. The summed E-state index contributed by atoms with van der Waals surface area (Å²) in [6.07, 6.45) is -3.07. The number of carbonyl (C=O) groups is 1. The second kappa shape index (κ2) is 5.32. The molecule has 0 aliphatic heterocycles. The normalized spacial score (nSPS) is 17.2. The van der Waals surface area contributed by atoms with Gasteiger partial charge in [-0.3, -0.25) is 4.79 Å². The summed E-state index contributed by atoms with van der Waals surface area (Å²) in [6.45, 7) is 0. The van der Waals surface area contributed by atoms with Gasteiger partial charge < -0.3 is 14.6 Å². The zero-order valence-electron chi connectivity index (χ0n) is 10.4. The molecule has 110 valence electrons. The smallest absolute Gasteiger partial charge is 0.426 e. The van der Waals surface area contributed by atoms with E-state index in [2.05, 4.69) is 4.74 Å². The van der Waals surface area contributed by atoms with E-state index in [1.165, 1.54) is 12.1 Å². The number of alkyl halides is 3. The van der Waals surface area contributed by atoms with Crippen LogP contribution in [0.2, 0.25) is 0 Å². The Hall–Kier alpha value is -1.76. The van der Waals surface area contributed by atoms with Crippen LogP contribution in [0.3, 0.4) is 0 Å². The first-order valence-electron chi connectivity index (χ1n) is 6.05. The fourth-order valence-corrected chi connectivity index (χ4v) is 1.93. The summed E-state index contributed by atoms with van der Waals surface area (Å²) >= 11 is 0. The molecule has 1 N–H and O–H groups in total. The molecule has 0 heterocycles. The number of hydrogen-bond donors (Lipinski definition) is 1. The summed E-state index contributed by atoms with van der Waals surface area (Å²) < 4.78 is 44.8. The van der Waals surface area contributed by atoms with Gasteiger partial charge >= 0.3 is 12.3 Å². The first-order valence-corrected chi connectivity index (χ1v) is 6.05. The van der Waals surface area contributed by atoms with Crippen LogP contribution >= 0.6 is 0 Å². The minimum Gasteiger partial charge on any atom is -0.426 e. The summed E-state index contributed by atoms with van der Waals surface area (Å²) in [5.41, 5.74) is -1.03. The molecule has 0 spiro atoms. The van der Waals surface area contributed by atoms with Crippen molar-refractivity contribution in [2.45, 2.75) is 37.6 Å². The van der Waals surface area contributed by atoms with Gasteiger partial charge in [0.15, 0.2) is 0 Å². The van der Waals surface area contributed by atoms with Crippen molar-refractivity contribution in [2.24, 2.45) is 0 Å². The van der Waals surface area contributed by atoms with Crippen LogP contribution in [0.1, 0.15) is 25.7 Å². The van der Waals surface area contributed by atoms with Crippen molar-refractivity contribution in [2.75, 3.05) is 0 Å². The first kappa shape index (κ1) is 14.6. The third-order valence-electron chi connectivity index (χ3n) is 3.03. The van der Waals surface area contributed by atoms with Crippen LogP contribution in [0, 0.1) is 0 Å². The quantitative estimate of drug-likeness (QED) is 0.684. The van der Waals surface area contributed by atoms with Crippen molar-refractivity contribution in [1.82, 2.24) is 0 Å². The second-order valence-corrected chi connectivity index (χ2v) is 4.75. The maximum atomic E-state index is 12.0. The molecule has 0 bridgehead atoms. The van der Waals surface area contributed by atoms with E-state index in [9.17, 15) is 23.1 Å². The van der Waals surface area contributed by atoms with E-state index < -0.39 is 23.7 Å². The van der Waals surface area contributed by atoms with Crippen LogP contribution in [0.25, 0.3) is 0 Å². The maximum absolute atomic E-state index is 12.0. The Balaban J connectivity index is 1.95. The number of ether oxygens (including phenoxy) is 2. The summed E-state index contributed by atoms with van der Waals surface area (Å²) in [6, 6.07) is 4.69. The maximum Gasteiger partial charge on any atom is 0.573 e. The molecule has 1 aliphatic carbocycles. The van der Waals surface area contributed by atoms with Crippen molar-refractivity contribution in [3.05, 3.63) is 24.3 Å². The molecule has 1 fully saturated rings. The van der Waals surface area contributed by atoms with Gasteiger partial charge in [-0.25, -0.2) is 0 Å². The van der Waals surface area contributed by atoms with E-state index in [1.54, 1.807) is 0 Å². The van der Waals surface area contributed by atoms with Crippen LogP contribution in [0.4, 0.5) is 13.2 Å². The molecule has 0 radical (unpaired) electrons. The van der Waals surface area contributed by atoms with Crippen LogP contribution in [0.15, 0.2) is 24.3 Å². The van der Waals surface area contributed by atoms with Gasteiger partial charge in [-0.15, -0.1) is 13.2 Å². The van der Waals surface area contributed by atoms with Crippen LogP contribution in [0.5, 0.6) is 11.5 Å². The fraction of sp³-hybridized carbons (Fsp3) is 0.462. The zero-order valence-corrected chi connectivity index (χ0v) is 10.4. The lowest BCUT2D eigenvalue weighted by atomic mass is 9.78. The van der Waals surface area contributed by atoms with E-state index in [4.69, 9.17) is 4.74 Å². The second-order valence-electron chi connectivity index (χ2n) is 4.75. The molecule has 0 aromatic heterocycles. The van der Waals surface area contributed by atoms with Gasteiger partial charge in [-0.1, -0.05) is 6.07 Å². The van der Waals surface area contributed by atoms with Crippen molar-refractivity contribution >= 4 is 5.97 Å². The summed E-state index contributed by atoms with van der Waals surface area (Å²) in [4.78, 5) is 11.6. The highest BCUT2D eigenvalue weighted by atomic mass is 19.4. The first-order chi connectivity index (χ1) is 9.26. The summed E-state index contributed by atoms with van der Waals surface area (Å²) in [7, 11) is 0. The minimum absolute atomic E-state index is 0.0559.